The first kappa shape index (κ1) is 28.0. The first-order chi connectivity index (χ1) is 20.2. The normalized spacial score (nSPS) is 22.5. The SMILES string of the molecule is C[C@@H]1[C@H](NC(=O)c2ccc(C3CC3)cc2)CCCN1c1cnc(C(N)=O)c(Nc2cnn(C3CCC(F)(F)CC3)c2)n1. The summed E-state index contributed by atoms with van der Waals surface area (Å²) < 4.78 is 28.9. The highest BCUT2D eigenvalue weighted by Crippen LogP contribution is 2.40. The van der Waals surface area contributed by atoms with Crippen molar-refractivity contribution in [2.24, 2.45) is 5.73 Å². The number of amides is 2. The van der Waals surface area contributed by atoms with Crippen LogP contribution in [0.4, 0.5) is 26.1 Å². The number of carbonyl (C=O) groups is 2. The topological polar surface area (TPSA) is 131 Å². The maximum Gasteiger partial charge on any atom is 0.271 e. The molecule has 2 aliphatic carbocycles. The average molecular weight is 579 g/mol. The van der Waals surface area contributed by atoms with Gasteiger partial charge in [0.05, 0.1) is 24.1 Å². The van der Waals surface area contributed by atoms with Gasteiger partial charge in [0.2, 0.25) is 5.92 Å². The molecule has 0 bridgehead atoms. The summed E-state index contributed by atoms with van der Waals surface area (Å²) in [7, 11) is 0. The van der Waals surface area contributed by atoms with E-state index in [4.69, 9.17) is 10.7 Å². The minimum atomic E-state index is -2.62. The number of nitrogens with zero attached hydrogens (tertiary/aromatic N) is 5. The number of piperidine rings is 1. The number of benzene rings is 1. The number of rotatable bonds is 8. The molecule has 1 saturated heterocycles. The van der Waals surface area contributed by atoms with Crippen molar-refractivity contribution in [3.8, 4) is 0 Å². The summed E-state index contributed by atoms with van der Waals surface area (Å²) >= 11 is 0. The van der Waals surface area contributed by atoms with Crippen LogP contribution in [0.2, 0.25) is 0 Å². The molecule has 10 nitrogen and oxygen atoms in total. The van der Waals surface area contributed by atoms with Crippen LogP contribution in [0.3, 0.4) is 0 Å². The number of carbonyl (C=O) groups excluding carboxylic acids is 2. The summed E-state index contributed by atoms with van der Waals surface area (Å²) in [4.78, 5) is 36.3. The average Bonchev–Trinajstić information content (AvgIpc) is 3.72. The molecule has 3 aromatic rings. The van der Waals surface area contributed by atoms with E-state index in [1.165, 1.54) is 24.6 Å². The number of aromatic nitrogens is 4. The molecule has 2 atom stereocenters. The number of primary amides is 1. The van der Waals surface area contributed by atoms with Gasteiger partial charge in [-0.15, -0.1) is 0 Å². The molecule has 6 rings (SSSR count). The standard InChI is InChI=1S/C30H36F2N8O2/c1-18-24(37-29(42)21-8-6-20(7-9-21)19-4-5-19)3-2-14-39(18)25-16-34-26(27(33)41)28(38-25)36-22-15-35-40(17-22)23-10-12-30(31,32)13-11-23/h6-9,15-19,23-24H,2-5,10-14H2,1H3,(H2,33,41)(H,36,38)(H,37,42)/t18-,24-/m1/s1. The van der Waals surface area contributed by atoms with Crippen molar-refractivity contribution in [3.63, 3.8) is 0 Å². The first-order valence-corrected chi connectivity index (χ1v) is 14.7. The number of halogens is 2. The van der Waals surface area contributed by atoms with Crippen molar-refractivity contribution in [1.82, 2.24) is 25.1 Å². The van der Waals surface area contributed by atoms with Gasteiger partial charge >= 0.3 is 0 Å². The van der Waals surface area contributed by atoms with Crippen molar-refractivity contribution >= 4 is 29.1 Å². The quantitative estimate of drug-likeness (QED) is 0.345. The molecule has 222 valence electrons. The highest BCUT2D eigenvalue weighted by molar-refractivity contribution is 5.96. The minimum absolute atomic E-state index is 0.0204. The summed E-state index contributed by atoms with van der Waals surface area (Å²) in [6.07, 6.45) is 9.26. The third-order valence-corrected chi connectivity index (χ3v) is 8.74. The Morgan fingerprint density at radius 1 is 1.05 bits per heavy atom. The fraction of sp³-hybridized carbons (Fsp3) is 0.500. The Morgan fingerprint density at radius 3 is 2.48 bits per heavy atom. The van der Waals surface area contributed by atoms with Gasteiger partial charge in [-0.1, -0.05) is 12.1 Å². The summed E-state index contributed by atoms with van der Waals surface area (Å²) in [5.74, 6) is -2.09. The van der Waals surface area contributed by atoms with Crippen LogP contribution in [0.1, 0.15) is 96.7 Å². The molecule has 3 aliphatic rings. The lowest BCUT2D eigenvalue weighted by molar-refractivity contribution is -0.0449. The largest absolute Gasteiger partial charge is 0.364 e. The second kappa shape index (κ2) is 11.3. The molecule has 2 amide bonds. The number of hydrogen-bond donors (Lipinski definition) is 3. The molecule has 2 saturated carbocycles. The predicted molar refractivity (Wildman–Crippen MR) is 154 cm³/mol. The lowest BCUT2D eigenvalue weighted by atomic mass is 9.92. The van der Waals surface area contributed by atoms with Crippen LogP contribution in [0.5, 0.6) is 0 Å². The summed E-state index contributed by atoms with van der Waals surface area (Å²) in [6.45, 7) is 2.74. The smallest absolute Gasteiger partial charge is 0.271 e. The molecule has 0 radical (unpaired) electrons. The Labute approximate surface area is 243 Å². The zero-order valence-electron chi connectivity index (χ0n) is 23.6. The molecule has 1 aromatic carbocycles. The van der Waals surface area contributed by atoms with Gasteiger partial charge < -0.3 is 21.3 Å². The van der Waals surface area contributed by atoms with Gasteiger partial charge in [0.1, 0.15) is 5.82 Å². The highest BCUT2D eigenvalue weighted by Gasteiger charge is 2.36. The van der Waals surface area contributed by atoms with Crippen molar-refractivity contribution in [3.05, 3.63) is 59.7 Å². The van der Waals surface area contributed by atoms with Crippen molar-refractivity contribution in [2.45, 2.75) is 88.3 Å². The summed E-state index contributed by atoms with van der Waals surface area (Å²) in [5, 5.41) is 10.7. The monoisotopic (exact) mass is 578 g/mol. The number of nitrogens with two attached hydrogens (primary N) is 1. The summed E-state index contributed by atoms with van der Waals surface area (Å²) in [5.41, 5.74) is 8.06. The molecular formula is C30H36F2N8O2. The van der Waals surface area contributed by atoms with Gasteiger partial charge in [0, 0.05) is 43.2 Å². The lowest BCUT2D eigenvalue weighted by Gasteiger charge is -2.40. The van der Waals surface area contributed by atoms with Crippen LogP contribution < -0.4 is 21.3 Å². The van der Waals surface area contributed by atoms with Crippen molar-refractivity contribution < 1.29 is 18.4 Å². The van der Waals surface area contributed by atoms with Gasteiger partial charge in [-0.05, 0) is 69.1 Å². The van der Waals surface area contributed by atoms with Crippen molar-refractivity contribution in [1.29, 1.82) is 0 Å². The van der Waals surface area contributed by atoms with E-state index in [0.717, 1.165) is 12.8 Å². The van der Waals surface area contributed by atoms with Crippen LogP contribution in [-0.4, -0.2) is 56.1 Å². The van der Waals surface area contributed by atoms with Gasteiger partial charge in [-0.25, -0.2) is 18.7 Å². The van der Waals surface area contributed by atoms with E-state index in [1.54, 1.807) is 17.1 Å². The molecule has 3 heterocycles. The minimum Gasteiger partial charge on any atom is -0.364 e. The zero-order valence-corrected chi connectivity index (χ0v) is 23.6. The van der Waals surface area contributed by atoms with E-state index in [1.807, 2.05) is 31.2 Å². The van der Waals surface area contributed by atoms with E-state index in [-0.39, 0.29) is 48.4 Å². The predicted octanol–water partition coefficient (Wildman–Crippen LogP) is 4.93. The fourth-order valence-electron chi connectivity index (χ4n) is 6.05. The zero-order chi connectivity index (χ0) is 29.4. The Bertz CT molecular complexity index is 1450. The third kappa shape index (κ3) is 6.07. The Kier molecular flexibility index (Phi) is 7.54. The van der Waals surface area contributed by atoms with E-state index in [0.29, 0.717) is 42.4 Å². The second-order valence-corrected chi connectivity index (χ2v) is 11.8. The summed E-state index contributed by atoms with van der Waals surface area (Å²) in [6, 6.07) is 7.57. The van der Waals surface area contributed by atoms with Crippen LogP contribution >= 0.6 is 0 Å². The maximum absolute atomic E-state index is 13.6. The fourth-order valence-corrected chi connectivity index (χ4v) is 6.05. The highest BCUT2D eigenvalue weighted by atomic mass is 19.3. The van der Waals surface area contributed by atoms with Crippen LogP contribution in [0, 0.1) is 0 Å². The van der Waals surface area contributed by atoms with E-state index in [9.17, 15) is 18.4 Å². The molecule has 42 heavy (non-hydrogen) atoms. The molecule has 1 aliphatic heterocycles. The van der Waals surface area contributed by atoms with Gasteiger partial charge in [-0.3, -0.25) is 14.3 Å². The molecule has 0 spiro atoms. The Hall–Kier alpha value is -4.09. The molecule has 2 aromatic heterocycles. The van der Waals surface area contributed by atoms with Gasteiger partial charge in [0.25, 0.3) is 11.8 Å². The van der Waals surface area contributed by atoms with Crippen LogP contribution in [-0.2, 0) is 0 Å². The molecule has 4 N–H and O–H groups in total. The molecule has 0 unspecified atom stereocenters. The lowest BCUT2D eigenvalue weighted by Crippen LogP contribution is -2.54. The van der Waals surface area contributed by atoms with E-state index < -0.39 is 11.8 Å². The Balaban J connectivity index is 1.15. The number of alkyl halides is 2. The number of nitrogens with one attached hydrogen (secondary N) is 2. The maximum atomic E-state index is 13.6. The molecule has 12 heteroatoms. The van der Waals surface area contributed by atoms with Crippen LogP contribution in [0.15, 0.2) is 42.9 Å². The molecule has 3 fully saturated rings. The van der Waals surface area contributed by atoms with E-state index >= 15 is 0 Å². The molecular weight excluding hydrogens is 542 g/mol. The Morgan fingerprint density at radius 2 is 1.79 bits per heavy atom. The second-order valence-electron chi connectivity index (χ2n) is 11.8. The van der Waals surface area contributed by atoms with Gasteiger partial charge in [-0.2, -0.15) is 5.10 Å². The van der Waals surface area contributed by atoms with Crippen LogP contribution in [0.25, 0.3) is 0 Å². The number of anilines is 3. The van der Waals surface area contributed by atoms with Gasteiger partial charge in [0.15, 0.2) is 11.5 Å². The van der Waals surface area contributed by atoms with E-state index in [2.05, 4.69) is 25.6 Å². The third-order valence-electron chi connectivity index (χ3n) is 8.74. The van der Waals surface area contributed by atoms with Crippen molar-refractivity contribution in [2.75, 3.05) is 16.8 Å². The first-order valence-electron chi connectivity index (χ1n) is 14.7. The number of hydrogen-bond acceptors (Lipinski definition) is 7.